The van der Waals surface area contributed by atoms with E-state index in [9.17, 15) is 9.59 Å². The van der Waals surface area contributed by atoms with Gasteiger partial charge in [0.15, 0.2) is 0 Å². The van der Waals surface area contributed by atoms with Gasteiger partial charge in [-0.2, -0.15) is 0 Å². The molecule has 1 aliphatic heterocycles. The van der Waals surface area contributed by atoms with Crippen molar-refractivity contribution in [3.63, 3.8) is 0 Å². The van der Waals surface area contributed by atoms with Gasteiger partial charge in [-0.25, -0.2) is 9.59 Å². The Morgan fingerprint density at radius 1 is 1.44 bits per heavy atom. The third kappa shape index (κ3) is 3.96. The molecule has 1 saturated heterocycles. The van der Waals surface area contributed by atoms with Crippen molar-refractivity contribution >= 4 is 12.3 Å². The maximum absolute atomic E-state index is 11.1. The summed E-state index contributed by atoms with van der Waals surface area (Å²) in [4.78, 5) is 21.8. The number of hydrogen-bond donors (Lipinski definition) is 0. The monoisotopic (exact) mass is 232 g/mol. The molecule has 92 valence electrons. The minimum Gasteiger partial charge on any atom is -0.433 e. The molecule has 0 saturated carbocycles. The highest BCUT2D eigenvalue weighted by molar-refractivity contribution is 5.61. The molecule has 6 nitrogen and oxygen atoms in total. The van der Waals surface area contributed by atoms with Crippen molar-refractivity contribution in [2.24, 2.45) is 5.41 Å². The summed E-state index contributed by atoms with van der Waals surface area (Å²) >= 11 is 0. The van der Waals surface area contributed by atoms with Crippen molar-refractivity contribution in [3.05, 3.63) is 0 Å². The molecule has 0 aliphatic carbocycles. The van der Waals surface area contributed by atoms with Gasteiger partial charge in [0.05, 0.1) is 11.5 Å². The third-order valence-corrected chi connectivity index (χ3v) is 1.95. The van der Waals surface area contributed by atoms with Crippen LogP contribution in [0.25, 0.3) is 0 Å². The van der Waals surface area contributed by atoms with Crippen LogP contribution in [0.5, 0.6) is 0 Å². The molecule has 0 atom stereocenters. The summed E-state index contributed by atoms with van der Waals surface area (Å²) < 4.78 is 19.1. The highest BCUT2D eigenvalue weighted by atomic mass is 16.7. The minimum atomic E-state index is -0.729. The van der Waals surface area contributed by atoms with E-state index in [0.717, 1.165) is 0 Å². The summed E-state index contributed by atoms with van der Waals surface area (Å²) in [6, 6.07) is 0. The first-order valence-corrected chi connectivity index (χ1v) is 5.04. The van der Waals surface area contributed by atoms with Crippen molar-refractivity contribution in [2.75, 3.05) is 19.8 Å². The lowest BCUT2D eigenvalue weighted by atomic mass is 9.94. The summed E-state index contributed by atoms with van der Waals surface area (Å²) in [5, 5.41) is 0. The number of rotatable bonds is 3. The maximum atomic E-state index is 11.1. The Balaban J connectivity index is 2.31. The molecular weight excluding hydrogens is 216 g/mol. The molecule has 0 spiro atoms. The summed E-state index contributed by atoms with van der Waals surface area (Å²) in [6.07, 6.45) is -1.64. The summed E-state index contributed by atoms with van der Waals surface area (Å²) in [7, 11) is 0. The largest absolute Gasteiger partial charge is 0.508 e. The van der Waals surface area contributed by atoms with E-state index in [0.29, 0.717) is 0 Å². The van der Waals surface area contributed by atoms with Gasteiger partial charge in [0.2, 0.25) is 0 Å². The second-order valence-electron chi connectivity index (χ2n) is 4.34. The maximum Gasteiger partial charge on any atom is 0.508 e. The van der Waals surface area contributed by atoms with Crippen LogP contribution in [0, 0.1) is 5.41 Å². The van der Waals surface area contributed by atoms with E-state index in [4.69, 9.17) is 18.9 Å². The highest BCUT2D eigenvalue weighted by Gasteiger charge is 2.35. The van der Waals surface area contributed by atoms with Gasteiger partial charge in [0, 0.05) is 0 Å². The SMILES string of the molecule is CC(C)OC(=O)OCC1(C)COC(=O)OC1. The summed E-state index contributed by atoms with van der Waals surface area (Å²) in [5.41, 5.74) is -0.510. The molecule has 0 unspecified atom stereocenters. The van der Waals surface area contributed by atoms with Gasteiger partial charge in [-0.05, 0) is 20.8 Å². The Hall–Kier alpha value is -1.46. The topological polar surface area (TPSA) is 71.1 Å². The quantitative estimate of drug-likeness (QED) is 0.690. The molecule has 0 aromatic carbocycles. The predicted octanol–water partition coefficient (Wildman–Crippen LogP) is 1.72. The zero-order valence-corrected chi connectivity index (χ0v) is 9.65. The third-order valence-electron chi connectivity index (χ3n) is 1.95. The summed E-state index contributed by atoms with van der Waals surface area (Å²) in [5.74, 6) is 0. The molecule has 0 aromatic heterocycles. The van der Waals surface area contributed by atoms with Crippen molar-refractivity contribution in [3.8, 4) is 0 Å². The molecular formula is C10H16O6. The van der Waals surface area contributed by atoms with E-state index in [2.05, 4.69) is 0 Å². The Morgan fingerprint density at radius 2 is 2.00 bits per heavy atom. The van der Waals surface area contributed by atoms with Gasteiger partial charge in [-0.1, -0.05) is 0 Å². The second-order valence-corrected chi connectivity index (χ2v) is 4.34. The van der Waals surface area contributed by atoms with E-state index < -0.39 is 17.7 Å². The van der Waals surface area contributed by atoms with Crippen molar-refractivity contribution in [2.45, 2.75) is 26.9 Å². The van der Waals surface area contributed by atoms with Gasteiger partial charge in [-0.3, -0.25) is 0 Å². The van der Waals surface area contributed by atoms with E-state index in [1.165, 1.54) is 0 Å². The second kappa shape index (κ2) is 5.05. The molecule has 0 amide bonds. The number of carbonyl (C=O) groups is 2. The van der Waals surface area contributed by atoms with E-state index in [1.54, 1.807) is 20.8 Å². The van der Waals surface area contributed by atoms with Gasteiger partial charge in [0.25, 0.3) is 0 Å². The van der Waals surface area contributed by atoms with E-state index in [-0.39, 0.29) is 25.9 Å². The highest BCUT2D eigenvalue weighted by Crippen LogP contribution is 2.22. The molecule has 1 rings (SSSR count). The van der Waals surface area contributed by atoms with Crippen LogP contribution in [0.15, 0.2) is 0 Å². The lowest BCUT2D eigenvalue weighted by molar-refractivity contribution is -0.0814. The zero-order valence-electron chi connectivity index (χ0n) is 9.65. The van der Waals surface area contributed by atoms with Crippen LogP contribution >= 0.6 is 0 Å². The standard InChI is InChI=1S/C10H16O6/c1-7(2)16-9(12)15-6-10(3)4-13-8(11)14-5-10/h7H,4-6H2,1-3H3. The fourth-order valence-corrected chi connectivity index (χ4v) is 1.09. The van der Waals surface area contributed by atoms with Crippen LogP contribution in [0.3, 0.4) is 0 Å². The molecule has 0 bridgehead atoms. The first-order valence-electron chi connectivity index (χ1n) is 5.04. The molecule has 6 heteroatoms. The van der Waals surface area contributed by atoms with Crippen LogP contribution in [-0.4, -0.2) is 38.2 Å². The fraction of sp³-hybridized carbons (Fsp3) is 0.800. The van der Waals surface area contributed by atoms with Crippen molar-refractivity contribution in [1.29, 1.82) is 0 Å². The smallest absolute Gasteiger partial charge is 0.433 e. The minimum absolute atomic E-state index is 0.0891. The normalized spacial score (nSPS) is 18.6. The van der Waals surface area contributed by atoms with Crippen LogP contribution < -0.4 is 0 Å². The van der Waals surface area contributed by atoms with Crippen LogP contribution in [0.1, 0.15) is 20.8 Å². The molecule has 0 aromatic rings. The Labute approximate surface area is 93.8 Å². The average Bonchev–Trinajstić information content (AvgIpc) is 2.20. The molecule has 16 heavy (non-hydrogen) atoms. The molecule has 1 fully saturated rings. The number of cyclic esters (lactones) is 2. The molecule has 1 aliphatic rings. The van der Waals surface area contributed by atoms with E-state index >= 15 is 0 Å². The van der Waals surface area contributed by atoms with Gasteiger partial charge in [0.1, 0.15) is 19.8 Å². The fourth-order valence-electron chi connectivity index (χ4n) is 1.09. The number of ether oxygens (including phenoxy) is 4. The lowest BCUT2D eigenvalue weighted by Gasteiger charge is -2.31. The predicted molar refractivity (Wildman–Crippen MR) is 53.0 cm³/mol. The molecule has 0 N–H and O–H groups in total. The first-order chi connectivity index (χ1) is 7.41. The zero-order chi connectivity index (χ0) is 12.2. The van der Waals surface area contributed by atoms with E-state index in [1.807, 2.05) is 0 Å². The van der Waals surface area contributed by atoms with Crippen molar-refractivity contribution < 1.29 is 28.5 Å². The average molecular weight is 232 g/mol. The van der Waals surface area contributed by atoms with Crippen LogP contribution in [-0.2, 0) is 18.9 Å². The molecule has 0 radical (unpaired) electrons. The number of hydrogen-bond acceptors (Lipinski definition) is 6. The van der Waals surface area contributed by atoms with Gasteiger partial charge < -0.3 is 18.9 Å². The molecule has 1 heterocycles. The van der Waals surface area contributed by atoms with Gasteiger partial charge >= 0.3 is 12.3 Å². The van der Waals surface area contributed by atoms with Crippen LogP contribution in [0.2, 0.25) is 0 Å². The Kier molecular flexibility index (Phi) is 3.98. The summed E-state index contributed by atoms with van der Waals surface area (Å²) in [6.45, 7) is 5.68. The lowest BCUT2D eigenvalue weighted by Crippen LogP contribution is -2.41. The first kappa shape index (κ1) is 12.6. The van der Waals surface area contributed by atoms with Crippen LogP contribution in [0.4, 0.5) is 9.59 Å². The number of carbonyl (C=O) groups excluding carboxylic acids is 2. The Bertz CT molecular complexity index is 262. The Morgan fingerprint density at radius 3 is 2.50 bits per heavy atom. The van der Waals surface area contributed by atoms with Crippen molar-refractivity contribution in [1.82, 2.24) is 0 Å². The van der Waals surface area contributed by atoms with Gasteiger partial charge in [-0.15, -0.1) is 0 Å².